The van der Waals surface area contributed by atoms with Gasteiger partial charge in [0.1, 0.15) is 0 Å². The summed E-state index contributed by atoms with van der Waals surface area (Å²) in [4.78, 5) is 13.3. The molecule has 1 N–H and O–H groups in total. The lowest BCUT2D eigenvalue weighted by atomic mass is 10.3. The van der Waals surface area contributed by atoms with E-state index in [1.807, 2.05) is 25.7 Å². The minimum atomic E-state index is 0.0270. The summed E-state index contributed by atoms with van der Waals surface area (Å²) in [5.74, 6) is 0.0270. The molecule has 0 fully saturated rings. The van der Waals surface area contributed by atoms with Crippen molar-refractivity contribution >= 4 is 5.91 Å². The maximum absolute atomic E-state index is 11.3. The number of nitrogens with one attached hydrogen (secondary N) is 1. The molecule has 0 aliphatic carbocycles. The first-order chi connectivity index (χ1) is 6.61. The van der Waals surface area contributed by atoms with E-state index in [9.17, 15) is 4.79 Å². The summed E-state index contributed by atoms with van der Waals surface area (Å²) in [7, 11) is 0. The minimum Gasteiger partial charge on any atom is -0.355 e. The van der Waals surface area contributed by atoms with Crippen LogP contribution in [0, 0.1) is 11.3 Å². The standard InChI is InChI=1S/C10H19N3O/c1-4-12-10(14)8-13(9(2)3)7-5-6-11/h9H,4-5,7-8H2,1-3H3,(H,12,14). The van der Waals surface area contributed by atoms with Gasteiger partial charge in [0.25, 0.3) is 0 Å². The van der Waals surface area contributed by atoms with E-state index < -0.39 is 0 Å². The molecular formula is C10H19N3O. The molecule has 0 heterocycles. The summed E-state index contributed by atoms with van der Waals surface area (Å²) in [6, 6.07) is 2.38. The third kappa shape index (κ3) is 5.55. The maximum Gasteiger partial charge on any atom is 0.234 e. The zero-order chi connectivity index (χ0) is 11.0. The normalized spacial score (nSPS) is 10.3. The second kappa shape index (κ2) is 7.34. The lowest BCUT2D eigenvalue weighted by molar-refractivity contribution is -0.122. The van der Waals surface area contributed by atoms with E-state index in [2.05, 4.69) is 11.4 Å². The molecular weight excluding hydrogens is 178 g/mol. The highest BCUT2D eigenvalue weighted by Gasteiger charge is 2.12. The van der Waals surface area contributed by atoms with Crippen molar-refractivity contribution in [3.05, 3.63) is 0 Å². The molecule has 0 saturated heterocycles. The highest BCUT2D eigenvalue weighted by atomic mass is 16.2. The van der Waals surface area contributed by atoms with Crippen molar-refractivity contribution in [1.82, 2.24) is 10.2 Å². The summed E-state index contributed by atoms with van der Waals surface area (Å²) in [6.45, 7) is 7.64. The Morgan fingerprint density at radius 1 is 1.57 bits per heavy atom. The number of carbonyl (C=O) groups excluding carboxylic acids is 1. The number of nitrogens with zero attached hydrogens (tertiary/aromatic N) is 2. The van der Waals surface area contributed by atoms with Gasteiger partial charge in [0.2, 0.25) is 5.91 Å². The average Bonchev–Trinajstić information content (AvgIpc) is 2.12. The predicted molar refractivity (Wildman–Crippen MR) is 55.6 cm³/mol. The van der Waals surface area contributed by atoms with Crippen LogP contribution in [0.3, 0.4) is 0 Å². The first kappa shape index (κ1) is 12.9. The Labute approximate surface area is 85.9 Å². The van der Waals surface area contributed by atoms with Gasteiger partial charge < -0.3 is 5.32 Å². The number of hydrogen-bond donors (Lipinski definition) is 1. The van der Waals surface area contributed by atoms with Crippen molar-refractivity contribution in [2.45, 2.75) is 33.2 Å². The Morgan fingerprint density at radius 2 is 2.21 bits per heavy atom. The van der Waals surface area contributed by atoms with Gasteiger partial charge in [-0.2, -0.15) is 5.26 Å². The zero-order valence-electron chi connectivity index (χ0n) is 9.21. The molecule has 14 heavy (non-hydrogen) atoms. The fraction of sp³-hybridized carbons (Fsp3) is 0.800. The lowest BCUT2D eigenvalue weighted by Gasteiger charge is -2.24. The maximum atomic E-state index is 11.3. The van der Waals surface area contributed by atoms with Crippen LogP contribution in [0.1, 0.15) is 27.2 Å². The van der Waals surface area contributed by atoms with E-state index in [0.717, 1.165) is 0 Å². The van der Waals surface area contributed by atoms with E-state index in [1.54, 1.807) is 0 Å². The molecule has 0 aromatic rings. The van der Waals surface area contributed by atoms with Gasteiger partial charge in [0.05, 0.1) is 12.6 Å². The number of amides is 1. The topological polar surface area (TPSA) is 56.1 Å². The predicted octanol–water partition coefficient (Wildman–Crippen LogP) is 0.747. The Morgan fingerprint density at radius 3 is 2.64 bits per heavy atom. The van der Waals surface area contributed by atoms with Crippen LogP contribution in [0.2, 0.25) is 0 Å². The van der Waals surface area contributed by atoms with Crippen LogP contribution in [-0.2, 0) is 4.79 Å². The first-order valence-electron chi connectivity index (χ1n) is 4.99. The fourth-order valence-electron chi connectivity index (χ4n) is 1.15. The van der Waals surface area contributed by atoms with Gasteiger partial charge in [0, 0.05) is 25.6 Å². The summed E-state index contributed by atoms with van der Waals surface area (Å²) in [6.07, 6.45) is 0.470. The molecule has 0 radical (unpaired) electrons. The Kier molecular flexibility index (Phi) is 6.77. The molecule has 0 spiro atoms. The Balaban J connectivity index is 3.97. The molecule has 4 nitrogen and oxygen atoms in total. The zero-order valence-corrected chi connectivity index (χ0v) is 9.21. The van der Waals surface area contributed by atoms with Gasteiger partial charge in [-0.3, -0.25) is 9.69 Å². The number of rotatable bonds is 6. The van der Waals surface area contributed by atoms with E-state index in [1.165, 1.54) is 0 Å². The van der Waals surface area contributed by atoms with Gasteiger partial charge >= 0.3 is 0 Å². The van der Waals surface area contributed by atoms with Crippen molar-refractivity contribution in [2.75, 3.05) is 19.6 Å². The minimum absolute atomic E-state index is 0.0270. The first-order valence-corrected chi connectivity index (χ1v) is 4.99. The molecule has 1 amide bonds. The number of likely N-dealkylation sites (N-methyl/N-ethyl adjacent to an activating group) is 1. The summed E-state index contributed by atoms with van der Waals surface area (Å²) >= 11 is 0. The van der Waals surface area contributed by atoms with Gasteiger partial charge in [-0.25, -0.2) is 0 Å². The van der Waals surface area contributed by atoms with E-state index in [0.29, 0.717) is 32.1 Å². The van der Waals surface area contributed by atoms with Crippen molar-refractivity contribution in [1.29, 1.82) is 5.26 Å². The second-order valence-corrected chi connectivity index (χ2v) is 3.43. The van der Waals surface area contributed by atoms with Crippen molar-refractivity contribution in [2.24, 2.45) is 0 Å². The Hall–Kier alpha value is -1.08. The summed E-state index contributed by atoms with van der Waals surface area (Å²) in [5, 5.41) is 11.2. The largest absolute Gasteiger partial charge is 0.355 e. The summed E-state index contributed by atoms with van der Waals surface area (Å²) < 4.78 is 0. The molecule has 4 heteroatoms. The van der Waals surface area contributed by atoms with Crippen LogP contribution in [0.25, 0.3) is 0 Å². The molecule has 80 valence electrons. The fourth-order valence-corrected chi connectivity index (χ4v) is 1.15. The van der Waals surface area contributed by atoms with Crippen molar-refractivity contribution < 1.29 is 4.79 Å². The van der Waals surface area contributed by atoms with E-state index in [4.69, 9.17) is 5.26 Å². The second-order valence-electron chi connectivity index (χ2n) is 3.43. The van der Waals surface area contributed by atoms with Gasteiger partial charge in [-0.1, -0.05) is 0 Å². The van der Waals surface area contributed by atoms with Crippen LogP contribution in [0.5, 0.6) is 0 Å². The monoisotopic (exact) mass is 197 g/mol. The van der Waals surface area contributed by atoms with Crippen LogP contribution < -0.4 is 5.32 Å². The molecule has 0 bridgehead atoms. The van der Waals surface area contributed by atoms with Crippen LogP contribution in [0.4, 0.5) is 0 Å². The number of nitriles is 1. The molecule has 0 aliphatic rings. The van der Waals surface area contributed by atoms with E-state index >= 15 is 0 Å². The SMILES string of the molecule is CCNC(=O)CN(CCC#N)C(C)C. The molecule has 0 saturated carbocycles. The molecule has 0 unspecified atom stereocenters. The highest BCUT2D eigenvalue weighted by Crippen LogP contribution is 1.98. The van der Waals surface area contributed by atoms with Crippen LogP contribution in [0.15, 0.2) is 0 Å². The van der Waals surface area contributed by atoms with Crippen LogP contribution >= 0.6 is 0 Å². The molecule has 0 aromatic heterocycles. The molecule has 0 atom stereocenters. The quantitative estimate of drug-likeness (QED) is 0.683. The molecule has 0 aromatic carbocycles. The third-order valence-corrected chi connectivity index (χ3v) is 1.96. The average molecular weight is 197 g/mol. The Bertz CT molecular complexity index is 208. The molecule has 0 rings (SSSR count). The molecule has 0 aliphatic heterocycles. The summed E-state index contributed by atoms with van der Waals surface area (Å²) in [5.41, 5.74) is 0. The number of hydrogen-bond acceptors (Lipinski definition) is 3. The van der Waals surface area contributed by atoms with Gasteiger partial charge in [0.15, 0.2) is 0 Å². The van der Waals surface area contributed by atoms with Crippen molar-refractivity contribution in [3.8, 4) is 6.07 Å². The van der Waals surface area contributed by atoms with E-state index in [-0.39, 0.29) is 5.91 Å². The number of carbonyl (C=O) groups is 1. The van der Waals surface area contributed by atoms with Crippen LogP contribution in [-0.4, -0.2) is 36.5 Å². The third-order valence-electron chi connectivity index (χ3n) is 1.96. The lowest BCUT2D eigenvalue weighted by Crippen LogP contribution is -2.41. The highest BCUT2D eigenvalue weighted by molar-refractivity contribution is 5.77. The smallest absolute Gasteiger partial charge is 0.234 e. The van der Waals surface area contributed by atoms with Crippen molar-refractivity contribution in [3.63, 3.8) is 0 Å². The van der Waals surface area contributed by atoms with Gasteiger partial charge in [-0.05, 0) is 20.8 Å². The van der Waals surface area contributed by atoms with Gasteiger partial charge in [-0.15, -0.1) is 0 Å².